The normalized spacial score (nSPS) is 10.1. The molecule has 0 atom stereocenters. The fourth-order valence-electron chi connectivity index (χ4n) is 1.41. The molecule has 18 heavy (non-hydrogen) atoms. The number of benzene rings is 1. The second-order valence-electron chi connectivity index (χ2n) is 3.75. The first kappa shape index (κ1) is 14.9. The van der Waals surface area contributed by atoms with Crippen LogP contribution in [0.25, 0.3) is 0 Å². The third-order valence-electron chi connectivity index (χ3n) is 2.35. The summed E-state index contributed by atoms with van der Waals surface area (Å²) in [6.45, 7) is 0.709. The molecule has 0 unspecified atom stereocenters. The fraction of sp³-hybridized carbons (Fsp3) is 0.462. The molecule has 1 aromatic rings. The molecule has 1 rings (SSSR count). The monoisotopic (exact) mass is 268 g/mol. The Morgan fingerprint density at radius 2 is 2.17 bits per heavy atom. The number of nitrogens with two attached hydrogens (primary N) is 1. The second kappa shape index (κ2) is 8.83. The lowest BCUT2D eigenvalue weighted by Crippen LogP contribution is -2.13. The van der Waals surface area contributed by atoms with Crippen molar-refractivity contribution in [3.05, 3.63) is 24.3 Å². The summed E-state index contributed by atoms with van der Waals surface area (Å²) in [4.78, 5) is 11.7. The van der Waals surface area contributed by atoms with E-state index in [0.717, 1.165) is 23.6 Å². The number of nitrogens with one attached hydrogen (secondary N) is 1. The Morgan fingerprint density at radius 1 is 1.39 bits per heavy atom. The van der Waals surface area contributed by atoms with Crippen LogP contribution in [-0.4, -0.2) is 31.1 Å². The van der Waals surface area contributed by atoms with Gasteiger partial charge < -0.3 is 15.8 Å². The summed E-state index contributed by atoms with van der Waals surface area (Å²) in [5.41, 5.74) is 6.12. The molecule has 0 saturated heterocycles. The van der Waals surface area contributed by atoms with Crippen molar-refractivity contribution in [1.29, 1.82) is 0 Å². The Bertz CT molecular complexity index is 372. The molecule has 0 aliphatic rings. The molecule has 1 aromatic carbocycles. The van der Waals surface area contributed by atoms with Crippen LogP contribution < -0.4 is 15.8 Å². The average molecular weight is 268 g/mol. The van der Waals surface area contributed by atoms with Crippen LogP contribution in [0.5, 0.6) is 5.75 Å². The fourth-order valence-corrected chi connectivity index (χ4v) is 2.32. The summed E-state index contributed by atoms with van der Waals surface area (Å²) in [6, 6.07) is 7.40. The first-order valence-corrected chi connectivity index (χ1v) is 7.14. The highest BCUT2D eigenvalue weighted by Crippen LogP contribution is 2.23. The number of anilines is 1. The zero-order valence-corrected chi connectivity index (χ0v) is 11.5. The van der Waals surface area contributed by atoms with E-state index in [0.29, 0.717) is 18.7 Å². The molecule has 0 heterocycles. The molecule has 0 aliphatic heterocycles. The van der Waals surface area contributed by atoms with Crippen LogP contribution in [-0.2, 0) is 4.79 Å². The molecule has 5 heteroatoms. The van der Waals surface area contributed by atoms with Gasteiger partial charge >= 0.3 is 0 Å². The molecule has 0 bridgehead atoms. The van der Waals surface area contributed by atoms with Crippen molar-refractivity contribution in [2.45, 2.75) is 12.8 Å². The molecule has 0 spiro atoms. The van der Waals surface area contributed by atoms with Gasteiger partial charge in [-0.15, -0.1) is 0 Å². The van der Waals surface area contributed by atoms with Gasteiger partial charge in [-0.2, -0.15) is 11.8 Å². The van der Waals surface area contributed by atoms with Crippen LogP contribution in [0.15, 0.2) is 24.3 Å². The summed E-state index contributed by atoms with van der Waals surface area (Å²) in [5, 5.41) is 2.85. The van der Waals surface area contributed by atoms with Gasteiger partial charge in [0.25, 0.3) is 0 Å². The summed E-state index contributed by atoms with van der Waals surface area (Å²) in [5.74, 6) is 2.53. The summed E-state index contributed by atoms with van der Waals surface area (Å²) >= 11 is 1.75. The van der Waals surface area contributed by atoms with Gasteiger partial charge in [0.2, 0.25) is 5.91 Å². The van der Waals surface area contributed by atoms with E-state index >= 15 is 0 Å². The van der Waals surface area contributed by atoms with Gasteiger partial charge in [-0.3, -0.25) is 4.79 Å². The van der Waals surface area contributed by atoms with Crippen LogP contribution in [0.1, 0.15) is 12.8 Å². The Morgan fingerprint density at radius 3 is 2.89 bits per heavy atom. The van der Waals surface area contributed by atoms with E-state index in [1.807, 2.05) is 24.3 Å². The molecule has 0 radical (unpaired) electrons. The standard InChI is InChI=1S/C13H20N2O2S/c1-17-12-6-3-2-5-11(12)15-13(16)7-10-18-9-4-8-14/h2-3,5-6H,4,7-10,14H2,1H3,(H,15,16). The van der Waals surface area contributed by atoms with Crippen molar-refractivity contribution < 1.29 is 9.53 Å². The number of carbonyl (C=O) groups excluding carboxylic acids is 1. The molecule has 4 nitrogen and oxygen atoms in total. The molecule has 0 aliphatic carbocycles. The lowest BCUT2D eigenvalue weighted by Gasteiger charge is -2.09. The number of thioether (sulfide) groups is 1. The van der Waals surface area contributed by atoms with E-state index in [9.17, 15) is 4.79 Å². The molecular weight excluding hydrogens is 248 g/mol. The minimum absolute atomic E-state index is 0.0137. The van der Waals surface area contributed by atoms with Gasteiger partial charge in [0.15, 0.2) is 0 Å². The summed E-state index contributed by atoms with van der Waals surface area (Å²) < 4.78 is 5.17. The zero-order chi connectivity index (χ0) is 13.2. The van der Waals surface area contributed by atoms with Gasteiger partial charge in [-0.1, -0.05) is 12.1 Å². The van der Waals surface area contributed by atoms with Crippen LogP contribution in [0.4, 0.5) is 5.69 Å². The number of amides is 1. The summed E-state index contributed by atoms with van der Waals surface area (Å²) in [6.07, 6.45) is 1.51. The van der Waals surface area contributed by atoms with Crippen LogP contribution >= 0.6 is 11.8 Å². The second-order valence-corrected chi connectivity index (χ2v) is 4.98. The maximum atomic E-state index is 11.7. The van der Waals surface area contributed by atoms with Crippen molar-refractivity contribution in [2.24, 2.45) is 5.73 Å². The maximum Gasteiger partial charge on any atom is 0.225 e. The molecule has 0 saturated carbocycles. The highest BCUT2D eigenvalue weighted by atomic mass is 32.2. The molecule has 1 amide bonds. The Kier molecular flexibility index (Phi) is 7.29. The van der Waals surface area contributed by atoms with Crippen molar-refractivity contribution in [2.75, 3.05) is 30.5 Å². The predicted octanol–water partition coefficient (Wildman–Crippen LogP) is 2.11. The Labute approximate surface area is 112 Å². The number of hydrogen-bond donors (Lipinski definition) is 2. The van der Waals surface area contributed by atoms with E-state index in [4.69, 9.17) is 10.5 Å². The number of ether oxygens (including phenoxy) is 1. The molecule has 100 valence electrons. The molecular formula is C13H20N2O2S. The van der Waals surface area contributed by atoms with E-state index in [1.165, 1.54) is 0 Å². The highest BCUT2D eigenvalue weighted by Gasteiger charge is 2.06. The average Bonchev–Trinajstić information content (AvgIpc) is 2.39. The highest BCUT2D eigenvalue weighted by molar-refractivity contribution is 7.99. The van der Waals surface area contributed by atoms with Crippen LogP contribution in [0, 0.1) is 0 Å². The third-order valence-corrected chi connectivity index (χ3v) is 3.42. The van der Waals surface area contributed by atoms with Crippen molar-refractivity contribution >= 4 is 23.4 Å². The van der Waals surface area contributed by atoms with Crippen molar-refractivity contribution in [3.63, 3.8) is 0 Å². The zero-order valence-electron chi connectivity index (χ0n) is 10.6. The minimum atomic E-state index is 0.0137. The number of hydrogen-bond acceptors (Lipinski definition) is 4. The first-order valence-electron chi connectivity index (χ1n) is 5.98. The van der Waals surface area contributed by atoms with Gasteiger partial charge in [0.05, 0.1) is 12.8 Å². The topological polar surface area (TPSA) is 64.3 Å². The van der Waals surface area contributed by atoms with Gasteiger partial charge in [0, 0.05) is 12.2 Å². The third kappa shape index (κ3) is 5.42. The van der Waals surface area contributed by atoms with Crippen molar-refractivity contribution in [3.8, 4) is 5.75 Å². The number of carbonyl (C=O) groups is 1. The summed E-state index contributed by atoms with van der Waals surface area (Å²) in [7, 11) is 1.59. The largest absolute Gasteiger partial charge is 0.495 e. The van der Waals surface area contributed by atoms with Crippen LogP contribution in [0.2, 0.25) is 0 Å². The van der Waals surface area contributed by atoms with E-state index in [2.05, 4.69) is 5.32 Å². The molecule has 3 N–H and O–H groups in total. The van der Waals surface area contributed by atoms with Gasteiger partial charge in [-0.05, 0) is 30.9 Å². The van der Waals surface area contributed by atoms with E-state index < -0.39 is 0 Å². The SMILES string of the molecule is COc1ccccc1NC(=O)CCSCCCN. The lowest BCUT2D eigenvalue weighted by atomic mass is 10.3. The van der Waals surface area contributed by atoms with Crippen LogP contribution in [0.3, 0.4) is 0 Å². The molecule has 0 aromatic heterocycles. The maximum absolute atomic E-state index is 11.7. The smallest absolute Gasteiger partial charge is 0.225 e. The molecule has 0 fully saturated rings. The van der Waals surface area contributed by atoms with E-state index in [-0.39, 0.29) is 5.91 Å². The predicted molar refractivity (Wildman–Crippen MR) is 77.2 cm³/mol. The Balaban J connectivity index is 2.31. The number of rotatable bonds is 8. The van der Waals surface area contributed by atoms with Gasteiger partial charge in [-0.25, -0.2) is 0 Å². The minimum Gasteiger partial charge on any atom is -0.495 e. The quantitative estimate of drug-likeness (QED) is 0.709. The van der Waals surface area contributed by atoms with Crippen molar-refractivity contribution in [1.82, 2.24) is 0 Å². The number of para-hydroxylation sites is 2. The van der Waals surface area contributed by atoms with Gasteiger partial charge in [0.1, 0.15) is 5.75 Å². The Hall–Kier alpha value is -1.20. The number of methoxy groups -OCH3 is 1. The first-order chi connectivity index (χ1) is 8.77. The lowest BCUT2D eigenvalue weighted by molar-refractivity contribution is -0.115. The van der Waals surface area contributed by atoms with E-state index in [1.54, 1.807) is 18.9 Å².